The number of ketones is 2. The van der Waals surface area contributed by atoms with Gasteiger partial charge in [0.15, 0.2) is 11.6 Å². The number of Topliss-reactive ketones (excluding diaryl/α,β-unsaturated/α-hetero) is 2. The maximum absolute atomic E-state index is 12.8. The fourth-order valence-electron chi connectivity index (χ4n) is 3.58. The number of aldehydes is 1. The third kappa shape index (κ3) is 8.01. The molecule has 4 N–H and O–H groups in total. The zero-order valence-electron chi connectivity index (χ0n) is 18.8. The SMILES string of the molecule is NC(=O)C(CCC=O)C1C(=O)c2ccc(NCCOCCOCCOCCC(=O)O)cc2C1=O. The van der Waals surface area contributed by atoms with Crippen molar-refractivity contribution in [2.24, 2.45) is 17.6 Å². The number of nitrogens with one attached hydrogen (secondary N) is 1. The number of rotatable bonds is 18. The standard InChI is InChI=1S/C23H30N2O9/c24-23(31)17(2-1-7-26)20-21(29)16-4-3-15(14-18(16)22(20)30)25-6-9-33-11-13-34-12-10-32-8-5-19(27)28/h3-4,7,14,17,20,25H,1-2,5-6,8-13H2,(H2,24,31)(H,27,28). The van der Waals surface area contributed by atoms with Crippen molar-refractivity contribution in [1.29, 1.82) is 0 Å². The van der Waals surface area contributed by atoms with Gasteiger partial charge in [0.2, 0.25) is 5.91 Å². The molecule has 1 aromatic carbocycles. The summed E-state index contributed by atoms with van der Waals surface area (Å²) in [7, 11) is 0. The molecule has 0 aromatic heterocycles. The van der Waals surface area contributed by atoms with Crippen LogP contribution in [0.5, 0.6) is 0 Å². The highest BCUT2D eigenvalue weighted by atomic mass is 16.5. The van der Waals surface area contributed by atoms with Crippen molar-refractivity contribution in [2.75, 3.05) is 51.5 Å². The molecule has 1 amide bonds. The zero-order valence-corrected chi connectivity index (χ0v) is 18.8. The van der Waals surface area contributed by atoms with E-state index in [0.29, 0.717) is 51.6 Å². The molecule has 34 heavy (non-hydrogen) atoms. The lowest BCUT2D eigenvalue weighted by molar-refractivity contribution is -0.138. The van der Waals surface area contributed by atoms with Crippen LogP contribution in [0.4, 0.5) is 5.69 Å². The molecule has 2 unspecified atom stereocenters. The Morgan fingerprint density at radius 3 is 2.24 bits per heavy atom. The first kappa shape index (κ1) is 27.1. The van der Waals surface area contributed by atoms with Gasteiger partial charge in [-0.3, -0.25) is 19.2 Å². The van der Waals surface area contributed by atoms with Crippen LogP contribution < -0.4 is 11.1 Å². The Morgan fingerprint density at radius 1 is 1.00 bits per heavy atom. The number of amides is 1. The van der Waals surface area contributed by atoms with Gasteiger partial charge >= 0.3 is 5.97 Å². The molecule has 0 saturated heterocycles. The minimum Gasteiger partial charge on any atom is -0.481 e. The summed E-state index contributed by atoms with van der Waals surface area (Å²) in [4.78, 5) is 58.3. The van der Waals surface area contributed by atoms with Gasteiger partial charge in [0, 0.05) is 29.8 Å². The predicted octanol–water partition coefficient (Wildman–Crippen LogP) is 0.699. The number of carbonyl (C=O) groups is 5. The lowest BCUT2D eigenvalue weighted by Gasteiger charge is -2.16. The summed E-state index contributed by atoms with van der Waals surface area (Å²) >= 11 is 0. The first-order valence-electron chi connectivity index (χ1n) is 11.0. The van der Waals surface area contributed by atoms with Gasteiger partial charge in [0.05, 0.1) is 57.9 Å². The summed E-state index contributed by atoms with van der Waals surface area (Å²) in [6, 6.07) is 4.79. The molecule has 1 aliphatic carbocycles. The first-order chi connectivity index (χ1) is 16.4. The molecule has 0 radical (unpaired) electrons. The van der Waals surface area contributed by atoms with E-state index in [9.17, 15) is 24.0 Å². The molecule has 1 aromatic rings. The molecular formula is C23H30N2O9. The maximum atomic E-state index is 12.8. The second kappa shape index (κ2) is 14.2. The van der Waals surface area contributed by atoms with Gasteiger partial charge in [-0.25, -0.2) is 0 Å². The minimum absolute atomic E-state index is 0.0410. The normalized spacial score (nSPS) is 15.7. The molecule has 11 heteroatoms. The highest BCUT2D eigenvalue weighted by Gasteiger charge is 2.45. The van der Waals surface area contributed by atoms with E-state index >= 15 is 0 Å². The third-order valence-electron chi connectivity index (χ3n) is 5.26. The number of hydrogen-bond donors (Lipinski definition) is 3. The summed E-state index contributed by atoms with van der Waals surface area (Å²) in [6.45, 7) is 2.36. The first-order valence-corrected chi connectivity index (χ1v) is 11.0. The number of carboxylic acids is 1. The van der Waals surface area contributed by atoms with Crippen LogP contribution >= 0.6 is 0 Å². The quantitative estimate of drug-likeness (QED) is 0.155. The Hall–Kier alpha value is -3.15. The van der Waals surface area contributed by atoms with Gasteiger partial charge in [-0.2, -0.15) is 0 Å². The van der Waals surface area contributed by atoms with E-state index in [1.807, 2.05) is 0 Å². The third-order valence-corrected chi connectivity index (χ3v) is 5.26. The number of aliphatic carboxylic acids is 1. The van der Waals surface area contributed by atoms with Crippen molar-refractivity contribution in [1.82, 2.24) is 0 Å². The number of fused-ring (bicyclic) bond motifs is 1. The molecule has 0 aliphatic heterocycles. The highest BCUT2D eigenvalue weighted by Crippen LogP contribution is 2.35. The second-order valence-corrected chi connectivity index (χ2v) is 7.63. The van der Waals surface area contributed by atoms with E-state index in [0.717, 1.165) is 0 Å². The van der Waals surface area contributed by atoms with Crippen molar-refractivity contribution in [3.8, 4) is 0 Å². The largest absolute Gasteiger partial charge is 0.481 e. The number of primary amides is 1. The van der Waals surface area contributed by atoms with E-state index in [1.54, 1.807) is 18.2 Å². The topological polar surface area (TPSA) is 171 Å². The average molecular weight is 478 g/mol. The minimum atomic E-state index is -1.19. The number of anilines is 1. The van der Waals surface area contributed by atoms with Crippen molar-refractivity contribution in [3.05, 3.63) is 29.3 Å². The molecule has 1 aliphatic rings. The number of carboxylic acid groups (broad SMARTS) is 1. The fraction of sp³-hybridized carbons (Fsp3) is 0.522. The summed E-state index contributed by atoms with van der Waals surface area (Å²) < 4.78 is 15.9. The van der Waals surface area contributed by atoms with Gasteiger partial charge in [-0.15, -0.1) is 0 Å². The Labute approximate surface area is 196 Å². The Kier molecular flexibility index (Phi) is 11.3. The van der Waals surface area contributed by atoms with Crippen molar-refractivity contribution in [2.45, 2.75) is 19.3 Å². The maximum Gasteiger partial charge on any atom is 0.305 e. The number of carbonyl (C=O) groups excluding carboxylic acids is 4. The zero-order chi connectivity index (χ0) is 24.9. The van der Waals surface area contributed by atoms with Crippen LogP contribution in [0, 0.1) is 11.8 Å². The van der Waals surface area contributed by atoms with E-state index in [1.165, 1.54) is 0 Å². The van der Waals surface area contributed by atoms with E-state index in [4.69, 9.17) is 25.1 Å². The number of ether oxygens (including phenoxy) is 3. The average Bonchev–Trinajstić information content (AvgIpc) is 3.04. The van der Waals surface area contributed by atoms with Gasteiger partial charge in [0.25, 0.3) is 0 Å². The molecule has 2 atom stereocenters. The van der Waals surface area contributed by atoms with Crippen molar-refractivity contribution >= 4 is 35.4 Å². The van der Waals surface area contributed by atoms with Crippen LogP contribution in [0.25, 0.3) is 0 Å². The van der Waals surface area contributed by atoms with Gasteiger partial charge < -0.3 is 35.2 Å². The molecule has 2 rings (SSSR count). The van der Waals surface area contributed by atoms with Crippen LogP contribution in [0.2, 0.25) is 0 Å². The Morgan fingerprint density at radius 2 is 1.62 bits per heavy atom. The van der Waals surface area contributed by atoms with Gasteiger partial charge in [0.1, 0.15) is 6.29 Å². The Balaban J connectivity index is 1.71. The van der Waals surface area contributed by atoms with Crippen LogP contribution in [-0.4, -0.2) is 81.0 Å². The fourth-order valence-corrected chi connectivity index (χ4v) is 3.58. The number of benzene rings is 1. The van der Waals surface area contributed by atoms with Crippen LogP contribution in [-0.2, 0) is 28.6 Å². The number of hydrogen-bond acceptors (Lipinski definition) is 9. The molecular weight excluding hydrogens is 448 g/mol. The number of nitrogens with two attached hydrogens (primary N) is 1. The summed E-state index contributed by atoms with van der Waals surface area (Å²) in [5, 5.41) is 11.6. The van der Waals surface area contributed by atoms with E-state index in [2.05, 4.69) is 5.32 Å². The van der Waals surface area contributed by atoms with Crippen molar-refractivity contribution in [3.63, 3.8) is 0 Å². The monoisotopic (exact) mass is 478 g/mol. The summed E-state index contributed by atoms with van der Waals surface area (Å²) in [5.74, 6) is -4.79. The lowest BCUT2D eigenvalue weighted by Crippen LogP contribution is -2.35. The summed E-state index contributed by atoms with van der Waals surface area (Å²) in [6.07, 6.45) is 0.682. The molecule has 11 nitrogen and oxygen atoms in total. The highest BCUT2D eigenvalue weighted by molar-refractivity contribution is 6.28. The van der Waals surface area contributed by atoms with Gasteiger partial charge in [-0.05, 0) is 24.6 Å². The molecule has 0 spiro atoms. The lowest BCUT2D eigenvalue weighted by atomic mass is 9.84. The van der Waals surface area contributed by atoms with Gasteiger partial charge in [-0.1, -0.05) is 0 Å². The van der Waals surface area contributed by atoms with E-state index in [-0.39, 0.29) is 37.0 Å². The second-order valence-electron chi connectivity index (χ2n) is 7.63. The molecule has 0 fully saturated rings. The smallest absolute Gasteiger partial charge is 0.305 e. The van der Waals surface area contributed by atoms with Crippen molar-refractivity contribution < 1.29 is 43.3 Å². The molecule has 0 bridgehead atoms. The van der Waals surface area contributed by atoms with Crippen LogP contribution in [0.3, 0.4) is 0 Å². The van der Waals surface area contributed by atoms with Crippen LogP contribution in [0.15, 0.2) is 18.2 Å². The Bertz CT molecular complexity index is 887. The van der Waals surface area contributed by atoms with E-state index < -0.39 is 35.3 Å². The molecule has 0 heterocycles. The summed E-state index contributed by atoms with van der Waals surface area (Å²) in [5.41, 5.74) is 6.50. The molecule has 0 saturated carbocycles. The van der Waals surface area contributed by atoms with Crippen LogP contribution in [0.1, 0.15) is 40.0 Å². The predicted molar refractivity (Wildman–Crippen MR) is 120 cm³/mol. The molecule has 186 valence electrons.